The third-order valence-electron chi connectivity index (χ3n) is 4.68. The van der Waals surface area contributed by atoms with Crippen LogP contribution in [-0.2, 0) is 4.74 Å². The molecule has 2 rings (SSSR count). The zero-order valence-electron chi connectivity index (χ0n) is 12.8. The minimum Gasteiger partial charge on any atom is -0.368 e. The number of rotatable bonds is 2. The molecule has 0 spiro atoms. The van der Waals surface area contributed by atoms with Gasteiger partial charge in [0.15, 0.2) is 0 Å². The maximum absolute atomic E-state index is 13.1. The minimum atomic E-state index is -4.10. The maximum atomic E-state index is 13.1. The Bertz CT molecular complexity index is 352. The molecule has 0 radical (unpaired) electrons. The standard InChI is InChI=1S/C15H26F3NO/c1-13(2)9-12(14(3,4)20-13)19-11-8-6-5-7-10(11)15(16,17)18/h10-12,19H,5-9H2,1-4H3. The molecule has 1 aliphatic heterocycles. The Balaban J connectivity index is 2.08. The smallest absolute Gasteiger partial charge is 0.368 e. The largest absolute Gasteiger partial charge is 0.393 e. The van der Waals surface area contributed by atoms with E-state index < -0.39 is 23.7 Å². The summed E-state index contributed by atoms with van der Waals surface area (Å²) in [5.74, 6) is -1.21. The van der Waals surface area contributed by atoms with Crippen molar-refractivity contribution in [2.24, 2.45) is 5.92 Å². The molecule has 0 bridgehead atoms. The predicted molar refractivity (Wildman–Crippen MR) is 72.6 cm³/mol. The Morgan fingerprint density at radius 2 is 1.65 bits per heavy atom. The summed E-state index contributed by atoms with van der Waals surface area (Å²) in [6.45, 7) is 7.92. The fourth-order valence-electron chi connectivity index (χ4n) is 3.80. The van der Waals surface area contributed by atoms with Gasteiger partial charge in [0, 0.05) is 12.1 Å². The van der Waals surface area contributed by atoms with E-state index in [4.69, 9.17) is 4.74 Å². The molecule has 118 valence electrons. The number of alkyl halides is 3. The van der Waals surface area contributed by atoms with Crippen molar-refractivity contribution in [2.75, 3.05) is 0 Å². The summed E-state index contributed by atoms with van der Waals surface area (Å²) in [4.78, 5) is 0. The molecule has 0 aromatic rings. The van der Waals surface area contributed by atoms with E-state index in [0.29, 0.717) is 12.8 Å². The van der Waals surface area contributed by atoms with Gasteiger partial charge < -0.3 is 10.1 Å². The lowest BCUT2D eigenvalue weighted by molar-refractivity contribution is -0.190. The molecular weight excluding hydrogens is 267 g/mol. The Morgan fingerprint density at radius 1 is 1.05 bits per heavy atom. The summed E-state index contributed by atoms with van der Waals surface area (Å²) in [5, 5.41) is 3.28. The normalized spacial score (nSPS) is 37.0. The van der Waals surface area contributed by atoms with E-state index in [1.807, 2.05) is 27.7 Å². The van der Waals surface area contributed by atoms with E-state index in [2.05, 4.69) is 5.32 Å². The summed E-state index contributed by atoms with van der Waals surface area (Å²) in [6.07, 6.45) is -0.936. The molecule has 1 saturated heterocycles. The lowest BCUT2D eigenvalue weighted by atomic mass is 9.82. The number of ether oxygens (including phenoxy) is 1. The van der Waals surface area contributed by atoms with E-state index in [1.165, 1.54) is 0 Å². The molecule has 1 heterocycles. The van der Waals surface area contributed by atoms with Gasteiger partial charge in [-0.05, 0) is 47.0 Å². The average molecular weight is 293 g/mol. The van der Waals surface area contributed by atoms with Crippen LogP contribution in [0.15, 0.2) is 0 Å². The zero-order valence-corrected chi connectivity index (χ0v) is 12.8. The molecule has 1 saturated carbocycles. The molecule has 2 nitrogen and oxygen atoms in total. The molecule has 1 aliphatic carbocycles. The highest BCUT2D eigenvalue weighted by atomic mass is 19.4. The number of hydrogen-bond donors (Lipinski definition) is 1. The lowest BCUT2D eigenvalue weighted by Crippen LogP contribution is -2.53. The van der Waals surface area contributed by atoms with E-state index in [-0.39, 0.29) is 18.1 Å². The van der Waals surface area contributed by atoms with Crippen molar-refractivity contribution in [3.05, 3.63) is 0 Å². The second-order valence-corrected chi connectivity index (χ2v) is 7.43. The molecule has 20 heavy (non-hydrogen) atoms. The van der Waals surface area contributed by atoms with E-state index in [1.54, 1.807) is 0 Å². The Kier molecular flexibility index (Phi) is 4.15. The summed E-state index contributed by atoms with van der Waals surface area (Å²) in [7, 11) is 0. The molecular formula is C15H26F3NO. The van der Waals surface area contributed by atoms with Crippen LogP contribution in [0.25, 0.3) is 0 Å². The van der Waals surface area contributed by atoms with E-state index >= 15 is 0 Å². The van der Waals surface area contributed by atoms with Gasteiger partial charge in [-0.25, -0.2) is 0 Å². The monoisotopic (exact) mass is 293 g/mol. The first kappa shape index (κ1) is 16.1. The third-order valence-corrected chi connectivity index (χ3v) is 4.68. The highest BCUT2D eigenvalue weighted by Crippen LogP contribution is 2.41. The van der Waals surface area contributed by atoms with Gasteiger partial charge in [-0.2, -0.15) is 13.2 Å². The van der Waals surface area contributed by atoms with Crippen LogP contribution in [0.2, 0.25) is 0 Å². The van der Waals surface area contributed by atoms with Crippen molar-refractivity contribution in [1.82, 2.24) is 5.32 Å². The van der Waals surface area contributed by atoms with Crippen molar-refractivity contribution in [3.63, 3.8) is 0 Å². The second kappa shape index (κ2) is 5.16. The molecule has 0 aromatic heterocycles. The van der Waals surface area contributed by atoms with Crippen LogP contribution in [0.4, 0.5) is 13.2 Å². The molecule has 3 atom stereocenters. The first-order chi connectivity index (χ1) is 9.01. The quantitative estimate of drug-likeness (QED) is 0.829. The van der Waals surface area contributed by atoms with Gasteiger partial charge in [0.1, 0.15) is 0 Å². The van der Waals surface area contributed by atoms with Crippen molar-refractivity contribution in [2.45, 2.75) is 89.3 Å². The van der Waals surface area contributed by atoms with E-state index in [9.17, 15) is 13.2 Å². The Labute approximate surface area is 119 Å². The fourth-order valence-corrected chi connectivity index (χ4v) is 3.80. The number of hydrogen-bond acceptors (Lipinski definition) is 2. The topological polar surface area (TPSA) is 21.3 Å². The lowest BCUT2D eigenvalue weighted by Gasteiger charge is -2.38. The van der Waals surface area contributed by atoms with Gasteiger partial charge in [-0.3, -0.25) is 0 Å². The number of halogens is 3. The molecule has 3 unspecified atom stereocenters. The van der Waals surface area contributed by atoms with Crippen LogP contribution in [0.3, 0.4) is 0 Å². The van der Waals surface area contributed by atoms with Crippen LogP contribution in [0.5, 0.6) is 0 Å². The maximum Gasteiger partial charge on any atom is 0.393 e. The van der Waals surface area contributed by atoms with Crippen LogP contribution in [0.1, 0.15) is 59.8 Å². The first-order valence-corrected chi connectivity index (χ1v) is 7.54. The van der Waals surface area contributed by atoms with Gasteiger partial charge in [-0.15, -0.1) is 0 Å². The van der Waals surface area contributed by atoms with Gasteiger partial charge in [0.25, 0.3) is 0 Å². The van der Waals surface area contributed by atoms with E-state index in [0.717, 1.165) is 12.8 Å². The molecule has 5 heteroatoms. The molecule has 2 fully saturated rings. The zero-order chi connectivity index (χ0) is 15.2. The number of nitrogens with one attached hydrogen (secondary N) is 1. The van der Waals surface area contributed by atoms with Crippen LogP contribution in [-0.4, -0.2) is 29.5 Å². The van der Waals surface area contributed by atoms with Crippen molar-refractivity contribution in [3.8, 4) is 0 Å². The van der Waals surface area contributed by atoms with Crippen LogP contribution < -0.4 is 5.32 Å². The highest BCUT2D eigenvalue weighted by molar-refractivity contribution is 5.01. The van der Waals surface area contributed by atoms with Crippen LogP contribution in [0, 0.1) is 5.92 Å². The van der Waals surface area contributed by atoms with Gasteiger partial charge >= 0.3 is 6.18 Å². The fraction of sp³-hybridized carbons (Fsp3) is 1.00. The summed E-state index contributed by atoms with van der Waals surface area (Å²) in [5.41, 5.74) is -0.694. The van der Waals surface area contributed by atoms with Crippen molar-refractivity contribution >= 4 is 0 Å². The summed E-state index contributed by atoms with van der Waals surface area (Å²) in [6, 6.07) is -0.490. The van der Waals surface area contributed by atoms with Crippen molar-refractivity contribution in [1.29, 1.82) is 0 Å². The second-order valence-electron chi connectivity index (χ2n) is 7.43. The molecule has 0 aromatic carbocycles. The minimum absolute atomic E-state index is 0.0227. The molecule has 0 amide bonds. The van der Waals surface area contributed by atoms with Crippen molar-refractivity contribution < 1.29 is 17.9 Å². The SMILES string of the molecule is CC1(C)CC(NC2CCCCC2C(F)(F)F)C(C)(C)O1. The predicted octanol–water partition coefficient (Wildman–Crippen LogP) is 4.04. The third kappa shape index (κ3) is 3.48. The molecule has 1 N–H and O–H groups in total. The average Bonchev–Trinajstić information content (AvgIpc) is 2.45. The summed E-state index contributed by atoms with van der Waals surface area (Å²) >= 11 is 0. The highest BCUT2D eigenvalue weighted by Gasteiger charge is 2.50. The van der Waals surface area contributed by atoms with Gasteiger partial charge in [-0.1, -0.05) is 12.8 Å². The molecule has 2 aliphatic rings. The Hall–Kier alpha value is -0.290. The van der Waals surface area contributed by atoms with Gasteiger partial charge in [0.2, 0.25) is 0 Å². The van der Waals surface area contributed by atoms with Crippen LogP contribution >= 0.6 is 0 Å². The summed E-state index contributed by atoms with van der Waals surface area (Å²) < 4.78 is 45.4. The van der Waals surface area contributed by atoms with Gasteiger partial charge in [0.05, 0.1) is 17.1 Å². The first-order valence-electron chi connectivity index (χ1n) is 7.54. The Morgan fingerprint density at radius 3 is 2.15 bits per heavy atom.